The molecule has 2 atom stereocenters. The number of carbonyl (C=O) groups is 1. The third kappa shape index (κ3) is 2.79. The van der Waals surface area contributed by atoms with Gasteiger partial charge in [-0.05, 0) is 67.5 Å². The van der Waals surface area contributed by atoms with E-state index in [1.54, 1.807) is 0 Å². The van der Waals surface area contributed by atoms with Crippen LogP contribution in [0.5, 0.6) is 0 Å². The van der Waals surface area contributed by atoms with Crippen molar-refractivity contribution in [2.24, 2.45) is 11.8 Å². The second-order valence-electron chi connectivity index (χ2n) is 8.86. The molecule has 0 N–H and O–H groups in total. The molecule has 1 aromatic carbocycles. The van der Waals surface area contributed by atoms with E-state index in [0.29, 0.717) is 17.1 Å². The number of hydrogen-bond donors (Lipinski definition) is 0. The van der Waals surface area contributed by atoms with Gasteiger partial charge in [0.1, 0.15) is 11.3 Å². The molecule has 3 aromatic heterocycles. The lowest BCUT2D eigenvalue weighted by Crippen LogP contribution is -2.22. The summed E-state index contributed by atoms with van der Waals surface area (Å²) in [7, 11) is 0. The molecule has 5 nitrogen and oxygen atoms in total. The molecule has 30 heavy (non-hydrogen) atoms. The minimum atomic E-state index is 0.612. The molecule has 154 valence electrons. The maximum atomic E-state index is 12.0. The summed E-state index contributed by atoms with van der Waals surface area (Å²) in [4.78, 5) is 24.0. The monoisotopic (exact) mass is 400 g/mol. The molecule has 4 heterocycles. The number of pyridine rings is 2. The van der Waals surface area contributed by atoms with Crippen molar-refractivity contribution in [2.75, 3.05) is 18.0 Å². The van der Waals surface area contributed by atoms with E-state index in [-0.39, 0.29) is 0 Å². The maximum Gasteiger partial charge on any atom is 0.153 e. The van der Waals surface area contributed by atoms with Crippen molar-refractivity contribution < 1.29 is 4.79 Å². The molecule has 0 amide bonds. The number of aryl methyl sites for hydroxylation is 2. The average molecular weight is 401 g/mol. The Hall–Kier alpha value is -2.95. The number of hydrogen-bond acceptors (Lipinski definition) is 4. The number of anilines is 1. The third-order valence-electron chi connectivity index (χ3n) is 7.13. The van der Waals surface area contributed by atoms with Crippen molar-refractivity contribution in [2.45, 2.75) is 40.5 Å². The number of fused-ring (bicyclic) bond motifs is 5. The summed E-state index contributed by atoms with van der Waals surface area (Å²) in [6, 6.07) is 8.32. The van der Waals surface area contributed by atoms with Crippen LogP contribution in [-0.2, 0) is 0 Å². The van der Waals surface area contributed by atoms with Crippen LogP contribution < -0.4 is 4.90 Å². The third-order valence-corrected chi connectivity index (χ3v) is 7.13. The van der Waals surface area contributed by atoms with Gasteiger partial charge in [0, 0.05) is 30.4 Å². The van der Waals surface area contributed by atoms with E-state index < -0.39 is 0 Å². The number of benzene rings is 1. The van der Waals surface area contributed by atoms with Crippen LogP contribution in [0.1, 0.15) is 48.2 Å². The summed E-state index contributed by atoms with van der Waals surface area (Å²) in [5, 5.41) is 1.02. The highest BCUT2D eigenvalue weighted by Crippen LogP contribution is 2.35. The second-order valence-corrected chi connectivity index (χ2v) is 8.86. The first-order valence-electron chi connectivity index (χ1n) is 10.9. The van der Waals surface area contributed by atoms with Crippen LogP contribution >= 0.6 is 0 Å². The van der Waals surface area contributed by atoms with Crippen molar-refractivity contribution in [1.29, 1.82) is 0 Å². The SMILES string of the molecule is CCC(C)C1CCN(c2ccnc3c2cc(C=O)c2nc4cc(C)c(C)cc4n23)C1. The standard InChI is InChI=1S/C25H28N4O/c1-5-15(2)18-7-9-28(13-18)22-6-8-26-25-20(22)12-19(14-30)24-27-21-10-16(3)17(4)11-23(21)29(24)25/h6,8,10-12,14-15,18H,5,7,9,13H2,1-4H3. The molecular weight excluding hydrogens is 372 g/mol. The van der Waals surface area contributed by atoms with Crippen LogP contribution in [0.4, 0.5) is 5.69 Å². The molecule has 0 radical (unpaired) electrons. The van der Waals surface area contributed by atoms with Crippen LogP contribution in [0.15, 0.2) is 30.5 Å². The molecule has 1 aliphatic rings. The first kappa shape index (κ1) is 19.0. The van der Waals surface area contributed by atoms with Gasteiger partial charge in [0.05, 0.1) is 16.6 Å². The highest BCUT2D eigenvalue weighted by atomic mass is 16.1. The summed E-state index contributed by atoms with van der Waals surface area (Å²) in [5.74, 6) is 1.44. The normalized spacial score (nSPS) is 18.0. The van der Waals surface area contributed by atoms with Crippen molar-refractivity contribution >= 4 is 39.7 Å². The predicted octanol–water partition coefficient (Wildman–Crippen LogP) is 5.34. The van der Waals surface area contributed by atoms with E-state index in [2.05, 4.69) is 55.2 Å². The van der Waals surface area contributed by atoms with E-state index in [4.69, 9.17) is 9.97 Å². The van der Waals surface area contributed by atoms with Gasteiger partial charge in [0.2, 0.25) is 0 Å². The van der Waals surface area contributed by atoms with Crippen LogP contribution in [0.3, 0.4) is 0 Å². The smallest absolute Gasteiger partial charge is 0.153 e. The largest absolute Gasteiger partial charge is 0.371 e. The Labute approximate surface area is 176 Å². The Balaban J connectivity index is 1.76. The minimum absolute atomic E-state index is 0.612. The lowest BCUT2D eigenvalue weighted by atomic mass is 9.91. The molecule has 4 aromatic rings. The van der Waals surface area contributed by atoms with Gasteiger partial charge in [-0.1, -0.05) is 20.3 Å². The molecular formula is C25H28N4O. The Bertz CT molecular complexity index is 1290. The van der Waals surface area contributed by atoms with Gasteiger partial charge in [0.15, 0.2) is 6.29 Å². The summed E-state index contributed by atoms with van der Waals surface area (Å²) in [6.07, 6.45) is 5.24. The predicted molar refractivity (Wildman–Crippen MR) is 123 cm³/mol. The average Bonchev–Trinajstić information content (AvgIpc) is 3.38. The minimum Gasteiger partial charge on any atom is -0.371 e. The number of rotatable bonds is 4. The molecule has 0 bridgehead atoms. The molecule has 0 saturated carbocycles. The van der Waals surface area contributed by atoms with Gasteiger partial charge in [-0.15, -0.1) is 0 Å². The van der Waals surface area contributed by atoms with Gasteiger partial charge in [-0.2, -0.15) is 0 Å². The lowest BCUT2D eigenvalue weighted by Gasteiger charge is -2.22. The zero-order chi connectivity index (χ0) is 21.0. The van der Waals surface area contributed by atoms with Crippen LogP contribution in [0.2, 0.25) is 0 Å². The number of carbonyl (C=O) groups excluding carboxylic acids is 1. The van der Waals surface area contributed by atoms with Crippen LogP contribution in [0, 0.1) is 25.7 Å². The molecule has 1 fully saturated rings. The zero-order valence-electron chi connectivity index (χ0n) is 18.1. The van der Waals surface area contributed by atoms with Gasteiger partial charge < -0.3 is 4.90 Å². The fraction of sp³-hybridized carbons (Fsp3) is 0.400. The van der Waals surface area contributed by atoms with E-state index in [0.717, 1.165) is 47.4 Å². The molecule has 2 unspecified atom stereocenters. The molecule has 5 heteroatoms. The fourth-order valence-corrected chi connectivity index (χ4v) is 4.90. The van der Waals surface area contributed by atoms with Gasteiger partial charge >= 0.3 is 0 Å². The zero-order valence-corrected chi connectivity index (χ0v) is 18.1. The van der Waals surface area contributed by atoms with Gasteiger partial charge in [-0.25, -0.2) is 9.97 Å². The first-order valence-corrected chi connectivity index (χ1v) is 10.9. The Morgan fingerprint density at radius 1 is 1.20 bits per heavy atom. The summed E-state index contributed by atoms with van der Waals surface area (Å²) in [5.41, 5.74) is 7.64. The topological polar surface area (TPSA) is 50.5 Å². The van der Waals surface area contributed by atoms with Crippen molar-refractivity contribution in [3.05, 3.63) is 47.2 Å². The number of aromatic nitrogens is 3. The highest BCUT2D eigenvalue weighted by Gasteiger charge is 2.28. The Morgan fingerprint density at radius 2 is 2.00 bits per heavy atom. The van der Waals surface area contributed by atoms with E-state index in [1.807, 2.05) is 12.3 Å². The van der Waals surface area contributed by atoms with Crippen molar-refractivity contribution in [1.82, 2.24) is 14.4 Å². The molecule has 5 rings (SSSR count). The number of aldehydes is 1. The summed E-state index contributed by atoms with van der Waals surface area (Å²) >= 11 is 0. The molecule has 0 spiro atoms. The number of imidazole rings is 1. The Kier molecular flexibility index (Phi) is 4.49. The first-order chi connectivity index (χ1) is 14.5. The van der Waals surface area contributed by atoms with Gasteiger partial charge in [-0.3, -0.25) is 9.20 Å². The second kappa shape index (κ2) is 7.08. The lowest BCUT2D eigenvalue weighted by molar-refractivity contribution is 0.112. The molecule has 1 aliphatic heterocycles. The van der Waals surface area contributed by atoms with E-state index in [1.165, 1.54) is 29.7 Å². The summed E-state index contributed by atoms with van der Waals surface area (Å²) in [6.45, 7) is 10.9. The van der Waals surface area contributed by atoms with Crippen molar-refractivity contribution in [3.63, 3.8) is 0 Å². The van der Waals surface area contributed by atoms with E-state index in [9.17, 15) is 4.79 Å². The van der Waals surface area contributed by atoms with Crippen molar-refractivity contribution in [3.8, 4) is 0 Å². The maximum absolute atomic E-state index is 12.0. The fourth-order valence-electron chi connectivity index (χ4n) is 4.90. The van der Waals surface area contributed by atoms with Gasteiger partial charge in [0.25, 0.3) is 0 Å². The Morgan fingerprint density at radius 3 is 2.77 bits per heavy atom. The van der Waals surface area contributed by atoms with Crippen LogP contribution in [0.25, 0.3) is 27.7 Å². The van der Waals surface area contributed by atoms with E-state index >= 15 is 0 Å². The quantitative estimate of drug-likeness (QED) is 0.434. The highest BCUT2D eigenvalue weighted by molar-refractivity contribution is 6.01. The summed E-state index contributed by atoms with van der Waals surface area (Å²) < 4.78 is 2.06. The molecule has 0 aliphatic carbocycles. The van der Waals surface area contributed by atoms with Crippen LogP contribution in [-0.4, -0.2) is 33.7 Å². The molecule has 1 saturated heterocycles. The number of nitrogens with zero attached hydrogens (tertiary/aromatic N) is 4.